The van der Waals surface area contributed by atoms with Crippen LogP contribution >= 0.6 is 11.3 Å². The molecule has 0 fully saturated rings. The summed E-state index contributed by atoms with van der Waals surface area (Å²) < 4.78 is 5.98. The molecular formula is C22H21N5O2S. The van der Waals surface area contributed by atoms with Crippen LogP contribution in [0.4, 0.5) is 5.95 Å². The normalized spacial score (nSPS) is 11.8. The molecule has 30 heavy (non-hydrogen) atoms. The lowest BCUT2D eigenvalue weighted by molar-refractivity contribution is 0.0948. The van der Waals surface area contributed by atoms with Crippen LogP contribution in [0.5, 0.6) is 5.75 Å². The molecule has 1 amide bonds. The number of thiophene rings is 1. The summed E-state index contributed by atoms with van der Waals surface area (Å²) in [7, 11) is 1.64. The Bertz CT molecular complexity index is 1150. The van der Waals surface area contributed by atoms with Gasteiger partial charge in [0.25, 0.3) is 5.91 Å². The summed E-state index contributed by atoms with van der Waals surface area (Å²) in [6, 6.07) is 13.4. The number of fused-ring (bicyclic) bond motifs is 1. The van der Waals surface area contributed by atoms with Crippen LogP contribution < -0.4 is 15.4 Å². The van der Waals surface area contributed by atoms with E-state index in [0.717, 1.165) is 27.1 Å². The molecule has 0 aliphatic rings. The zero-order valence-electron chi connectivity index (χ0n) is 16.6. The summed E-state index contributed by atoms with van der Waals surface area (Å²) in [5, 5.41) is 8.13. The first-order chi connectivity index (χ1) is 14.6. The van der Waals surface area contributed by atoms with Crippen LogP contribution in [-0.4, -0.2) is 28.0 Å². The highest BCUT2D eigenvalue weighted by atomic mass is 32.1. The Morgan fingerprint density at radius 1 is 1.17 bits per heavy atom. The molecule has 4 rings (SSSR count). The Morgan fingerprint density at radius 3 is 2.73 bits per heavy atom. The fourth-order valence-electron chi connectivity index (χ4n) is 3.02. The molecule has 0 bridgehead atoms. The van der Waals surface area contributed by atoms with Gasteiger partial charge in [0.2, 0.25) is 5.95 Å². The van der Waals surface area contributed by atoms with Gasteiger partial charge in [0, 0.05) is 18.9 Å². The topological polar surface area (TPSA) is 89.0 Å². The van der Waals surface area contributed by atoms with Crippen LogP contribution in [0.15, 0.2) is 60.2 Å². The van der Waals surface area contributed by atoms with Gasteiger partial charge in [-0.25, -0.2) is 9.97 Å². The van der Waals surface area contributed by atoms with E-state index in [9.17, 15) is 4.79 Å². The van der Waals surface area contributed by atoms with E-state index < -0.39 is 0 Å². The van der Waals surface area contributed by atoms with Crippen molar-refractivity contribution >= 4 is 33.4 Å². The SMILES string of the molecule is COc1ccc([C@H](C)Nc2nc(C(=O)NCc3cccnc3)c3sccc3n2)cc1. The van der Waals surface area contributed by atoms with Gasteiger partial charge in [-0.15, -0.1) is 11.3 Å². The van der Waals surface area contributed by atoms with Gasteiger partial charge in [0.15, 0.2) is 5.69 Å². The van der Waals surface area contributed by atoms with E-state index in [1.54, 1.807) is 19.5 Å². The largest absolute Gasteiger partial charge is 0.497 e. The van der Waals surface area contributed by atoms with Crippen molar-refractivity contribution in [2.45, 2.75) is 19.5 Å². The lowest BCUT2D eigenvalue weighted by Crippen LogP contribution is -2.24. The molecule has 0 saturated heterocycles. The quantitative estimate of drug-likeness (QED) is 0.467. The molecule has 152 valence electrons. The van der Waals surface area contributed by atoms with Crippen molar-refractivity contribution in [1.29, 1.82) is 0 Å². The number of nitrogens with one attached hydrogen (secondary N) is 2. The predicted molar refractivity (Wildman–Crippen MR) is 118 cm³/mol. The zero-order valence-corrected chi connectivity index (χ0v) is 17.4. The lowest BCUT2D eigenvalue weighted by atomic mass is 10.1. The highest BCUT2D eigenvalue weighted by Gasteiger charge is 2.17. The monoisotopic (exact) mass is 419 g/mol. The number of ether oxygens (including phenoxy) is 1. The van der Waals surface area contributed by atoms with E-state index in [-0.39, 0.29) is 11.9 Å². The van der Waals surface area contributed by atoms with Crippen molar-refractivity contribution < 1.29 is 9.53 Å². The minimum absolute atomic E-state index is 0.0432. The van der Waals surface area contributed by atoms with Crippen molar-refractivity contribution in [1.82, 2.24) is 20.3 Å². The Morgan fingerprint density at radius 2 is 2.00 bits per heavy atom. The van der Waals surface area contributed by atoms with E-state index in [1.807, 2.05) is 54.8 Å². The molecule has 2 N–H and O–H groups in total. The van der Waals surface area contributed by atoms with Crippen LogP contribution in [0.3, 0.4) is 0 Å². The number of aromatic nitrogens is 3. The molecule has 7 nitrogen and oxygen atoms in total. The van der Waals surface area contributed by atoms with Crippen LogP contribution in [0.25, 0.3) is 10.2 Å². The molecular weight excluding hydrogens is 398 g/mol. The minimum Gasteiger partial charge on any atom is -0.497 e. The standard InChI is InChI=1S/C22H21N5O2S/c1-14(16-5-7-17(29-2)8-6-16)25-22-26-18-9-11-30-20(18)19(27-22)21(28)24-13-15-4-3-10-23-12-15/h3-12,14H,13H2,1-2H3,(H,24,28)(H,25,26,27)/t14-/m0/s1. The second-order valence-corrected chi connectivity index (χ2v) is 7.63. The summed E-state index contributed by atoms with van der Waals surface area (Å²) in [6.07, 6.45) is 3.43. The van der Waals surface area contributed by atoms with E-state index in [1.165, 1.54) is 11.3 Å². The summed E-state index contributed by atoms with van der Waals surface area (Å²) in [5.41, 5.74) is 3.09. The maximum Gasteiger partial charge on any atom is 0.271 e. The molecule has 0 spiro atoms. The highest BCUT2D eigenvalue weighted by molar-refractivity contribution is 7.17. The van der Waals surface area contributed by atoms with Crippen molar-refractivity contribution in [3.63, 3.8) is 0 Å². The van der Waals surface area contributed by atoms with Gasteiger partial charge in [-0.05, 0) is 47.7 Å². The first-order valence-corrected chi connectivity index (χ1v) is 10.3. The Hall–Kier alpha value is -3.52. The fourth-order valence-corrected chi connectivity index (χ4v) is 3.84. The number of hydrogen-bond acceptors (Lipinski definition) is 7. The predicted octanol–water partition coefficient (Wildman–Crippen LogP) is 4.20. The third-order valence-electron chi connectivity index (χ3n) is 4.66. The smallest absolute Gasteiger partial charge is 0.271 e. The maximum absolute atomic E-state index is 12.9. The third-order valence-corrected chi connectivity index (χ3v) is 5.57. The molecule has 0 unspecified atom stereocenters. The van der Waals surface area contributed by atoms with Crippen molar-refractivity contribution in [2.24, 2.45) is 0 Å². The summed E-state index contributed by atoms with van der Waals surface area (Å²) >= 11 is 1.45. The average Bonchev–Trinajstić information content (AvgIpc) is 3.26. The number of amides is 1. The number of carbonyl (C=O) groups excluding carboxylic acids is 1. The van der Waals surface area contributed by atoms with Crippen LogP contribution in [-0.2, 0) is 6.54 Å². The molecule has 3 heterocycles. The Labute approximate surface area is 178 Å². The van der Waals surface area contributed by atoms with Crippen LogP contribution in [0, 0.1) is 0 Å². The molecule has 1 aromatic carbocycles. The molecule has 0 radical (unpaired) electrons. The van der Waals surface area contributed by atoms with Gasteiger partial charge >= 0.3 is 0 Å². The molecule has 1 atom stereocenters. The maximum atomic E-state index is 12.9. The van der Waals surface area contributed by atoms with Crippen molar-refractivity contribution in [3.05, 3.63) is 77.1 Å². The van der Waals surface area contributed by atoms with Crippen molar-refractivity contribution in [3.8, 4) is 5.75 Å². The van der Waals surface area contributed by atoms with E-state index in [0.29, 0.717) is 18.2 Å². The number of benzene rings is 1. The number of rotatable bonds is 7. The van der Waals surface area contributed by atoms with Crippen LogP contribution in [0.2, 0.25) is 0 Å². The second-order valence-electron chi connectivity index (χ2n) is 6.71. The number of carbonyl (C=O) groups is 1. The van der Waals surface area contributed by atoms with Gasteiger partial charge in [-0.2, -0.15) is 0 Å². The molecule has 3 aromatic heterocycles. The molecule has 0 aliphatic carbocycles. The summed E-state index contributed by atoms with van der Waals surface area (Å²) in [6.45, 7) is 2.40. The first-order valence-electron chi connectivity index (χ1n) is 9.47. The minimum atomic E-state index is -0.242. The fraction of sp³-hybridized carbons (Fsp3) is 0.182. The first kappa shape index (κ1) is 19.8. The lowest BCUT2D eigenvalue weighted by Gasteiger charge is -2.15. The number of pyridine rings is 1. The van der Waals surface area contributed by atoms with Gasteiger partial charge in [0.05, 0.1) is 23.4 Å². The molecule has 8 heteroatoms. The highest BCUT2D eigenvalue weighted by Crippen LogP contribution is 2.26. The van der Waals surface area contributed by atoms with E-state index in [2.05, 4.69) is 25.6 Å². The molecule has 0 saturated carbocycles. The number of methoxy groups -OCH3 is 1. The number of hydrogen-bond donors (Lipinski definition) is 2. The molecule has 4 aromatic rings. The third kappa shape index (κ3) is 4.38. The van der Waals surface area contributed by atoms with E-state index in [4.69, 9.17) is 4.74 Å². The van der Waals surface area contributed by atoms with Crippen LogP contribution in [0.1, 0.15) is 34.6 Å². The number of nitrogens with zero attached hydrogens (tertiary/aromatic N) is 3. The Kier molecular flexibility index (Phi) is 5.85. The summed E-state index contributed by atoms with van der Waals surface area (Å²) in [5.74, 6) is 0.971. The zero-order chi connectivity index (χ0) is 20.9. The number of anilines is 1. The van der Waals surface area contributed by atoms with Gasteiger partial charge in [0.1, 0.15) is 5.75 Å². The second kappa shape index (κ2) is 8.87. The van der Waals surface area contributed by atoms with Gasteiger partial charge < -0.3 is 15.4 Å². The average molecular weight is 420 g/mol. The van der Waals surface area contributed by atoms with Gasteiger partial charge in [-0.1, -0.05) is 18.2 Å². The summed E-state index contributed by atoms with van der Waals surface area (Å²) in [4.78, 5) is 26.0. The Balaban J connectivity index is 1.55. The molecule has 0 aliphatic heterocycles. The van der Waals surface area contributed by atoms with Gasteiger partial charge in [-0.3, -0.25) is 9.78 Å². The van der Waals surface area contributed by atoms with E-state index >= 15 is 0 Å². The van der Waals surface area contributed by atoms with Crippen molar-refractivity contribution in [2.75, 3.05) is 12.4 Å².